The second-order valence-electron chi connectivity index (χ2n) is 10.3. The molecule has 43 heavy (non-hydrogen) atoms. The summed E-state index contributed by atoms with van der Waals surface area (Å²) in [6, 6.07) is 53.5. The zero-order chi connectivity index (χ0) is 29.0. The van der Waals surface area contributed by atoms with Crippen molar-refractivity contribution in [2.75, 3.05) is 5.73 Å². The molecule has 1 aromatic heterocycles. The maximum absolute atomic E-state index is 6.55. The fourth-order valence-corrected chi connectivity index (χ4v) is 5.31. The van der Waals surface area contributed by atoms with Crippen molar-refractivity contribution in [3.8, 4) is 67.5 Å². The number of hydrogen-bond donors (Lipinski definition) is 1. The summed E-state index contributed by atoms with van der Waals surface area (Å²) in [6.07, 6.45) is 0. The van der Waals surface area contributed by atoms with Gasteiger partial charge in [-0.1, -0.05) is 146 Å². The molecule has 0 atom stereocenters. The minimum absolute atomic E-state index is 0.633. The first-order chi connectivity index (χ1) is 21.2. The lowest BCUT2D eigenvalue weighted by Crippen LogP contribution is -2.00. The number of hydrogen-bond acceptors (Lipinski definition) is 4. The van der Waals surface area contributed by atoms with Gasteiger partial charge in [0.05, 0.1) is 0 Å². The summed E-state index contributed by atoms with van der Waals surface area (Å²) in [5.41, 5.74) is 16.7. The standard InChI is InChI=1S/C39H28N4/c40-36-25-24-32(26-35(36)34-19-11-10-18-33(34)28-12-4-1-5-13-28)27-20-22-31(23-21-27)39-42-37(29-14-6-2-7-15-29)41-38(43-39)30-16-8-3-9-17-30/h1-26H,40H2. The molecule has 0 saturated heterocycles. The van der Waals surface area contributed by atoms with Crippen molar-refractivity contribution in [1.29, 1.82) is 0 Å². The van der Waals surface area contributed by atoms with E-state index in [0.717, 1.165) is 55.8 Å². The Labute approximate surface area is 251 Å². The molecule has 0 saturated carbocycles. The van der Waals surface area contributed by atoms with Crippen molar-refractivity contribution < 1.29 is 0 Å². The second-order valence-corrected chi connectivity index (χ2v) is 10.3. The van der Waals surface area contributed by atoms with Gasteiger partial charge >= 0.3 is 0 Å². The predicted octanol–water partition coefficient (Wildman–Crippen LogP) is 9.46. The largest absolute Gasteiger partial charge is 0.398 e. The Balaban J connectivity index is 1.27. The van der Waals surface area contributed by atoms with E-state index in [4.69, 9.17) is 20.7 Å². The molecule has 0 aliphatic rings. The summed E-state index contributed by atoms with van der Waals surface area (Å²) in [4.78, 5) is 14.5. The average molecular weight is 553 g/mol. The normalized spacial score (nSPS) is 10.9. The first kappa shape index (κ1) is 26.1. The van der Waals surface area contributed by atoms with Gasteiger partial charge in [-0.2, -0.15) is 0 Å². The molecule has 0 bridgehead atoms. The second kappa shape index (κ2) is 11.6. The van der Waals surface area contributed by atoms with Crippen LogP contribution in [-0.2, 0) is 0 Å². The molecule has 0 aliphatic heterocycles. The van der Waals surface area contributed by atoms with E-state index < -0.39 is 0 Å². The van der Waals surface area contributed by atoms with Gasteiger partial charge in [-0.3, -0.25) is 0 Å². The summed E-state index contributed by atoms with van der Waals surface area (Å²) in [5, 5.41) is 0. The number of nitrogen functional groups attached to an aromatic ring is 1. The maximum atomic E-state index is 6.55. The predicted molar refractivity (Wildman–Crippen MR) is 177 cm³/mol. The van der Waals surface area contributed by atoms with Crippen molar-refractivity contribution in [2.45, 2.75) is 0 Å². The van der Waals surface area contributed by atoms with Gasteiger partial charge in [-0.25, -0.2) is 15.0 Å². The molecule has 204 valence electrons. The minimum atomic E-state index is 0.633. The highest BCUT2D eigenvalue weighted by atomic mass is 15.0. The first-order valence-corrected chi connectivity index (χ1v) is 14.2. The van der Waals surface area contributed by atoms with E-state index in [0.29, 0.717) is 17.5 Å². The van der Waals surface area contributed by atoms with Crippen molar-refractivity contribution in [1.82, 2.24) is 15.0 Å². The summed E-state index contributed by atoms with van der Waals surface area (Å²) >= 11 is 0. The third kappa shape index (κ3) is 5.42. The summed E-state index contributed by atoms with van der Waals surface area (Å²) in [7, 11) is 0. The molecule has 0 unspecified atom stereocenters. The van der Waals surface area contributed by atoms with Gasteiger partial charge in [0.25, 0.3) is 0 Å². The molecular formula is C39H28N4. The SMILES string of the molecule is Nc1ccc(-c2ccc(-c3nc(-c4ccccc4)nc(-c4ccccc4)n3)cc2)cc1-c1ccccc1-c1ccccc1. The van der Waals surface area contributed by atoms with Crippen LogP contribution in [0.5, 0.6) is 0 Å². The van der Waals surface area contributed by atoms with Gasteiger partial charge in [0, 0.05) is 27.9 Å². The number of rotatable bonds is 6. The van der Waals surface area contributed by atoms with Crippen LogP contribution in [0.3, 0.4) is 0 Å². The van der Waals surface area contributed by atoms with Crippen molar-refractivity contribution in [3.63, 3.8) is 0 Å². The lowest BCUT2D eigenvalue weighted by molar-refractivity contribution is 1.07. The number of nitrogens with zero attached hydrogens (tertiary/aromatic N) is 3. The van der Waals surface area contributed by atoms with Gasteiger partial charge in [0.15, 0.2) is 17.5 Å². The van der Waals surface area contributed by atoms with E-state index in [1.54, 1.807) is 0 Å². The molecule has 2 N–H and O–H groups in total. The molecular weight excluding hydrogens is 524 g/mol. The van der Waals surface area contributed by atoms with Crippen LogP contribution >= 0.6 is 0 Å². The molecule has 0 aliphatic carbocycles. The van der Waals surface area contributed by atoms with Gasteiger partial charge in [0.1, 0.15) is 0 Å². The van der Waals surface area contributed by atoms with E-state index >= 15 is 0 Å². The van der Waals surface area contributed by atoms with Crippen LogP contribution in [-0.4, -0.2) is 15.0 Å². The van der Waals surface area contributed by atoms with E-state index in [1.807, 2.05) is 72.8 Å². The van der Waals surface area contributed by atoms with Gasteiger partial charge in [-0.05, 0) is 39.9 Å². The van der Waals surface area contributed by atoms with Gasteiger partial charge in [0.2, 0.25) is 0 Å². The molecule has 1 heterocycles. The third-order valence-corrected chi connectivity index (χ3v) is 7.53. The highest BCUT2D eigenvalue weighted by Crippen LogP contribution is 2.37. The first-order valence-electron chi connectivity index (χ1n) is 14.2. The summed E-state index contributed by atoms with van der Waals surface area (Å²) in [5.74, 6) is 1.93. The zero-order valence-corrected chi connectivity index (χ0v) is 23.4. The van der Waals surface area contributed by atoms with Crippen LogP contribution in [0.2, 0.25) is 0 Å². The molecule has 7 rings (SSSR count). The van der Waals surface area contributed by atoms with E-state index in [2.05, 4.69) is 84.9 Å². The minimum Gasteiger partial charge on any atom is -0.398 e. The Hall–Kier alpha value is -5.87. The van der Waals surface area contributed by atoms with E-state index in [1.165, 1.54) is 0 Å². The molecule has 0 amide bonds. The van der Waals surface area contributed by atoms with Crippen LogP contribution in [0.1, 0.15) is 0 Å². The number of anilines is 1. The van der Waals surface area contributed by atoms with Crippen LogP contribution in [0, 0.1) is 0 Å². The maximum Gasteiger partial charge on any atom is 0.164 e. The van der Waals surface area contributed by atoms with E-state index in [-0.39, 0.29) is 0 Å². The number of aromatic nitrogens is 3. The average Bonchev–Trinajstić information content (AvgIpc) is 3.09. The van der Waals surface area contributed by atoms with Gasteiger partial charge < -0.3 is 5.73 Å². The molecule has 6 aromatic carbocycles. The third-order valence-electron chi connectivity index (χ3n) is 7.53. The Morgan fingerprint density at radius 3 is 1.23 bits per heavy atom. The Bertz CT molecular complexity index is 1950. The lowest BCUT2D eigenvalue weighted by Gasteiger charge is -2.14. The van der Waals surface area contributed by atoms with Gasteiger partial charge in [-0.15, -0.1) is 0 Å². The van der Waals surface area contributed by atoms with Crippen LogP contribution < -0.4 is 5.73 Å². The molecule has 0 radical (unpaired) electrons. The van der Waals surface area contributed by atoms with E-state index in [9.17, 15) is 0 Å². The fourth-order valence-electron chi connectivity index (χ4n) is 5.31. The Morgan fingerprint density at radius 1 is 0.302 bits per heavy atom. The molecule has 4 heteroatoms. The number of benzene rings is 6. The molecule has 4 nitrogen and oxygen atoms in total. The number of nitrogens with two attached hydrogens (primary N) is 1. The Kier molecular flexibility index (Phi) is 7.00. The smallest absolute Gasteiger partial charge is 0.164 e. The van der Waals surface area contributed by atoms with Crippen molar-refractivity contribution >= 4 is 5.69 Å². The lowest BCUT2D eigenvalue weighted by atomic mass is 9.91. The monoisotopic (exact) mass is 552 g/mol. The highest BCUT2D eigenvalue weighted by Gasteiger charge is 2.14. The summed E-state index contributed by atoms with van der Waals surface area (Å²) < 4.78 is 0. The topological polar surface area (TPSA) is 64.7 Å². The molecule has 0 spiro atoms. The van der Waals surface area contributed by atoms with Crippen molar-refractivity contribution in [2.24, 2.45) is 0 Å². The van der Waals surface area contributed by atoms with Crippen LogP contribution in [0.25, 0.3) is 67.5 Å². The summed E-state index contributed by atoms with van der Waals surface area (Å²) in [6.45, 7) is 0. The van der Waals surface area contributed by atoms with Crippen molar-refractivity contribution in [3.05, 3.63) is 158 Å². The Morgan fingerprint density at radius 2 is 0.698 bits per heavy atom. The molecule has 7 aromatic rings. The highest BCUT2D eigenvalue weighted by molar-refractivity contribution is 5.91. The molecule has 0 fully saturated rings. The zero-order valence-electron chi connectivity index (χ0n) is 23.4. The quantitative estimate of drug-likeness (QED) is 0.209. The van der Waals surface area contributed by atoms with Crippen LogP contribution in [0.4, 0.5) is 5.69 Å². The fraction of sp³-hybridized carbons (Fsp3) is 0. The van der Waals surface area contributed by atoms with Crippen LogP contribution in [0.15, 0.2) is 158 Å².